The Morgan fingerprint density at radius 1 is 1.29 bits per heavy atom. The van der Waals surface area contributed by atoms with E-state index in [0.717, 1.165) is 16.0 Å². The Labute approximate surface area is 130 Å². The summed E-state index contributed by atoms with van der Waals surface area (Å²) < 4.78 is 26.9. The molecule has 1 aromatic carbocycles. The summed E-state index contributed by atoms with van der Waals surface area (Å²) in [7, 11) is -1.93. The van der Waals surface area contributed by atoms with Gasteiger partial charge in [0, 0.05) is 24.2 Å². The molecule has 2 N–H and O–H groups in total. The van der Waals surface area contributed by atoms with Crippen molar-refractivity contribution in [2.45, 2.75) is 31.7 Å². The van der Waals surface area contributed by atoms with Gasteiger partial charge in [-0.3, -0.25) is 0 Å². The SMILES string of the molecule is CCc1ccc(N)cc1S(=O)(=O)N(C)Cc1sccc1C. The fourth-order valence-corrected chi connectivity index (χ4v) is 4.63. The van der Waals surface area contributed by atoms with Gasteiger partial charge in [0.1, 0.15) is 0 Å². The molecule has 0 aliphatic heterocycles. The predicted molar refractivity (Wildman–Crippen MR) is 87.9 cm³/mol. The molecule has 0 saturated heterocycles. The Hall–Kier alpha value is -1.37. The number of nitrogen functional groups attached to an aromatic ring is 1. The summed E-state index contributed by atoms with van der Waals surface area (Å²) in [6, 6.07) is 7.07. The number of sulfonamides is 1. The summed E-state index contributed by atoms with van der Waals surface area (Å²) in [5.41, 5.74) is 8.13. The Balaban J connectivity index is 2.37. The molecule has 114 valence electrons. The van der Waals surface area contributed by atoms with Crippen LogP contribution in [-0.4, -0.2) is 19.8 Å². The first-order valence-electron chi connectivity index (χ1n) is 6.74. The minimum absolute atomic E-state index is 0.307. The third-order valence-electron chi connectivity index (χ3n) is 3.49. The summed E-state index contributed by atoms with van der Waals surface area (Å²) in [5.74, 6) is 0. The topological polar surface area (TPSA) is 63.4 Å². The fourth-order valence-electron chi connectivity index (χ4n) is 2.12. The van der Waals surface area contributed by atoms with Crippen LogP contribution in [-0.2, 0) is 23.0 Å². The summed E-state index contributed by atoms with van der Waals surface area (Å²) in [4.78, 5) is 1.37. The molecule has 21 heavy (non-hydrogen) atoms. The first kappa shape index (κ1) is 16.0. The Kier molecular flexibility index (Phi) is 4.70. The van der Waals surface area contributed by atoms with Crippen molar-refractivity contribution in [3.63, 3.8) is 0 Å². The lowest BCUT2D eigenvalue weighted by Gasteiger charge is -2.19. The molecule has 1 aromatic heterocycles. The number of anilines is 1. The van der Waals surface area contributed by atoms with E-state index in [-0.39, 0.29) is 0 Å². The van der Waals surface area contributed by atoms with E-state index in [4.69, 9.17) is 5.73 Å². The van der Waals surface area contributed by atoms with Gasteiger partial charge in [0.25, 0.3) is 0 Å². The number of hydrogen-bond acceptors (Lipinski definition) is 4. The molecule has 0 fully saturated rings. The van der Waals surface area contributed by atoms with E-state index in [2.05, 4.69) is 0 Å². The van der Waals surface area contributed by atoms with E-state index in [9.17, 15) is 8.42 Å². The standard InChI is InChI=1S/C15H20N2O2S2/c1-4-12-5-6-13(16)9-15(12)21(18,19)17(3)10-14-11(2)7-8-20-14/h5-9H,4,10,16H2,1-3H3. The second-order valence-corrected chi connectivity index (χ2v) is 8.02. The Bertz CT molecular complexity index is 736. The molecule has 0 spiro atoms. The van der Waals surface area contributed by atoms with Crippen LogP contribution in [0.2, 0.25) is 0 Å². The lowest BCUT2D eigenvalue weighted by Crippen LogP contribution is -2.27. The van der Waals surface area contributed by atoms with Crippen LogP contribution < -0.4 is 5.73 Å². The van der Waals surface area contributed by atoms with Gasteiger partial charge in [0.2, 0.25) is 10.0 Å². The van der Waals surface area contributed by atoms with E-state index in [1.54, 1.807) is 36.6 Å². The molecule has 0 amide bonds. The molecule has 0 aliphatic rings. The third-order valence-corrected chi connectivity index (χ3v) is 6.39. The molecule has 2 aromatic rings. The summed E-state index contributed by atoms with van der Waals surface area (Å²) in [6.07, 6.45) is 0.653. The number of hydrogen-bond donors (Lipinski definition) is 1. The van der Waals surface area contributed by atoms with Gasteiger partial charge in [-0.05, 0) is 48.1 Å². The maximum Gasteiger partial charge on any atom is 0.243 e. The van der Waals surface area contributed by atoms with Crippen molar-refractivity contribution < 1.29 is 8.42 Å². The van der Waals surface area contributed by atoms with Crippen LogP contribution in [0, 0.1) is 6.92 Å². The van der Waals surface area contributed by atoms with Gasteiger partial charge in [0.15, 0.2) is 0 Å². The molecule has 0 aliphatic carbocycles. The molecule has 0 unspecified atom stereocenters. The van der Waals surface area contributed by atoms with Gasteiger partial charge in [-0.1, -0.05) is 13.0 Å². The van der Waals surface area contributed by atoms with Gasteiger partial charge >= 0.3 is 0 Å². The summed E-state index contributed by atoms with van der Waals surface area (Å²) >= 11 is 1.57. The van der Waals surface area contributed by atoms with E-state index < -0.39 is 10.0 Å². The van der Waals surface area contributed by atoms with Crippen molar-refractivity contribution in [3.8, 4) is 0 Å². The van der Waals surface area contributed by atoms with Crippen LogP contribution in [0.25, 0.3) is 0 Å². The molecule has 2 rings (SSSR count). The van der Waals surface area contributed by atoms with Crippen LogP contribution >= 0.6 is 11.3 Å². The summed E-state index contributed by atoms with van der Waals surface area (Å²) in [6.45, 7) is 4.31. The molecule has 1 heterocycles. The first-order chi connectivity index (χ1) is 9.86. The number of rotatable bonds is 5. The van der Waals surface area contributed by atoms with Crippen LogP contribution in [0.15, 0.2) is 34.5 Å². The molecule has 0 saturated carbocycles. The smallest absolute Gasteiger partial charge is 0.243 e. The Morgan fingerprint density at radius 2 is 2.00 bits per heavy atom. The highest BCUT2D eigenvalue weighted by Gasteiger charge is 2.24. The van der Waals surface area contributed by atoms with Gasteiger partial charge in [-0.2, -0.15) is 4.31 Å². The third kappa shape index (κ3) is 3.28. The van der Waals surface area contributed by atoms with Crippen LogP contribution in [0.5, 0.6) is 0 Å². The lowest BCUT2D eigenvalue weighted by atomic mass is 10.1. The normalized spacial score (nSPS) is 12.0. The number of nitrogens with two attached hydrogens (primary N) is 1. The Morgan fingerprint density at radius 3 is 2.57 bits per heavy atom. The monoisotopic (exact) mass is 324 g/mol. The molecule has 0 atom stereocenters. The second-order valence-electron chi connectivity index (χ2n) is 5.01. The number of nitrogens with zero attached hydrogens (tertiary/aromatic N) is 1. The minimum atomic E-state index is -3.54. The van der Waals surface area contributed by atoms with Gasteiger partial charge in [-0.15, -0.1) is 11.3 Å². The van der Waals surface area contributed by atoms with Gasteiger partial charge in [-0.25, -0.2) is 8.42 Å². The maximum atomic E-state index is 12.8. The van der Waals surface area contributed by atoms with Gasteiger partial charge < -0.3 is 5.73 Å². The highest BCUT2D eigenvalue weighted by Crippen LogP contribution is 2.25. The number of benzene rings is 1. The average Bonchev–Trinajstić information content (AvgIpc) is 2.84. The van der Waals surface area contributed by atoms with Crippen LogP contribution in [0.1, 0.15) is 22.9 Å². The second kappa shape index (κ2) is 6.17. The predicted octanol–water partition coefficient (Wildman–Crippen LogP) is 3.02. The molecule has 4 nitrogen and oxygen atoms in total. The fraction of sp³-hybridized carbons (Fsp3) is 0.333. The van der Waals surface area contributed by atoms with Crippen LogP contribution in [0.4, 0.5) is 5.69 Å². The maximum absolute atomic E-state index is 12.8. The van der Waals surface area contributed by atoms with E-state index >= 15 is 0 Å². The van der Waals surface area contributed by atoms with E-state index in [1.165, 1.54) is 4.31 Å². The average molecular weight is 324 g/mol. The minimum Gasteiger partial charge on any atom is -0.399 e. The summed E-state index contributed by atoms with van der Waals surface area (Å²) in [5, 5.41) is 1.98. The molecule has 0 bridgehead atoms. The van der Waals surface area contributed by atoms with E-state index in [0.29, 0.717) is 23.5 Å². The highest BCUT2D eigenvalue weighted by molar-refractivity contribution is 7.89. The van der Waals surface area contributed by atoms with Crippen LogP contribution in [0.3, 0.4) is 0 Å². The highest BCUT2D eigenvalue weighted by atomic mass is 32.2. The number of aryl methyl sites for hydroxylation is 2. The van der Waals surface area contributed by atoms with Crippen molar-refractivity contribution in [3.05, 3.63) is 45.6 Å². The zero-order chi connectivity index (χ0) is 15.6. The van der Waals surface area contributed by atoms with E-state index in [1.807, 2.05) is 25.3 Å². The molecule has 0 radical (unpaired) electrons. The number of thiophene rings is 1. The zero-order valence-corrected chi connectivity index (χ0v) is 14.1. The van der Waals surface area contributed by atoms with Crippen molar-refractivity contribution in [2.75, 3.05) is 12.8 Å². The largest absolute Gasteiger partial charge is 0.399 e. The van der Waals surface area contributed by atoms with Crippen molar-refractivity contribution in [1.29, 1.82) is 0 Å². The zero-order valence-electron chi connectivity index (χ0n) is 12.5. The molecular weight excluding hydrogens is 304 g/mol. The van der Waals surface area contributed by atoms with Crippen molar-refractivity contribution in [1.82, 2.24) is 4.31 Å². The quantitative estimate of drug-likeness (QED) is 0.860. The lowest BCUT2D eigenvalue weighted by molar-refractivity contribution is 0.468. The molecular formula is C15H20N2O2S2. The molecule has 6 heteroatoms. The van der Waals surface area contributed by atoms with Crippen molar-refractivity contribution in [2.24, 2.45) is 0 Å². The first-order valence-corrected chi connectivity index (χ1v) is 9.06. The van der Waals surface area contributed by atoms with Gasteiger partial charge in [0.05, 0.1) is 4.90 Å². The van der Waals surface area contributed by atoms with Crippen molar-refractivity contribution >= 4 is 27.0 Å².